The lowest BCUT2D eigenvalue weighted by Crippen LogP contribution is -2.50. The van der Waals surface area contributed by atoms with Crippen molar-refractivity contribution in [3.05, 3.63) is 0 Å². The highest BCUT2D eigenvalue weighted by Gasteiger charge is 2.40. The standard InChI is InChI=1S/C13H22N2O3S/c1-4-7-15(11-6-8-19(17,18)9-11)12(16)13(3,5-2)10-14/h1,11H,5-10,14H2,2-3H3. The van der Waals surface area contributed by atoms with Crippen LogP contribution in [-0.2, 0) is 14.6 Å². The quantitative estimate of drug-likeness (QED) is 0.722. The van der Waals surface area contributed by atoms with E-state index in [2.05, 4.69) is 5.92 Å². The molecule has 2 atom stereocenters. The molecule has 0 spiro atoms. The Bertz CT molecular complexity index is 475. The number of rotatable bonds is 5. The summed E-state index contributed by atoms with van der Waals surface area (Å²) < 4.78 is 23.1. The molecule has 0 bridgehead atoms. The summed E-state index contributed by atoms with van der Waals surface area (Å²) in [6.07, 6.45) is 6.36. The number of carbonyl (C=O) groups excluding carboxylic acids is 1. The second-order valence-corrected chi connectivity index (χ2v) is 7.54. The van der Waals surface area contributed by atoms with E-state index in [1.54, 1.807) is 6.92 Å². The maximum Gasteiger partial charge on any atom is 0.230 e. The van der Waals surface area contributed by atoms with Crippen LogP contribution in [0.5, 0.6) is 0 Å². The minimum absolute atomic E-state index is 0.00475. The van der Waals surface area contributed by atoms with E-state index in [1.165, 1.54) is 4.90 Å². The van der Waals surface area contributed by atoms with E-state index >= 15 is 0 Å². The van der Waals surface area contributed by atoms with Crippen molar-refractivity contribution >= 4 is 15.7 Å². The van der Waals surface area contributed by atoms with Crippen LogP contribution in [0, 0.1) is 17.8 Å². The summed E-state index contributed by atoms with van der Waals surface area (Å²) in [5.41, 5.74) is 5.01. The molecule has 2 N–H and O–H groups in total. The number of nitrogens with two attached hydrogens (primary N) is 1. The molecule has 1 aliphatic heterocycles. The molecule has 6 heteroatoms. The van der Waals surface area contributed by atoms with Crippen molar-refractivity contribution in [3.63, 3.8) is 0 Å². The largest absolute Gasteiger partial charge is 0.329 e. The first-order chi connectivity index (χ1) is 8.79. The zero-order valence-corrected chi connectivity index (χ0v) is 12.4. The fourth-order valence-corrected chi connectivity index (χ4v) is 3.95. The van der Waals surface area contributed by atoms with Crippen molar-refractivity contribution < 1.29 is 13.2 Å². The Hall–Kier alpha value is -1.06. The van der Waals surface area contributed by atoms with Gasteiger partial charge in [0.1, 0.15) is 0 Å². The first kappa shape index (κ1) is 16.0. The number of nitrogens with zero attached hydrogens (tertiary/aromatic N) is 1. The molecule has 1 fully saturated rings. The molecule has 1 rings (SSSR count). The highest BCUT2D eigenvalue weighted by molar-refractivity contribution is 7.91. The molecule has 2 unspecified atom stereocenters. The van der Waals surface area contributed by atoms with Gasteiger partial charge in [0, 0.05) is 12.6 Å². The van der Waals surface area contributed by atoms with Gasteiger partial charge in [0.25, 0.3) is 0 Å². The highest BCUT2D eigenvalue weighted by atomic mass is 32.2. The Balaban J connectivity index is 2.96. The Morgan fingerprint density at radius 1 is 1.58 bits per heavy atom. The molecule has 0 aliphatic carbocycles. The SMILES string of the molecule is C#CCN(C(=O)C(C)(CC)CN)C1CCS(=O)(=O)C1. The summed E-state index contributed by atoms with van der Waals surface area (Å²) in [5.74, 6) is 2.43. The molecule has 19 heavy (non-hydrogen) atoms. The Morgan fingerprint density at radius 3 is 2.58 bits per heavy atom. The predicted molar refractivity (Wildman–Crippen MR) is 75.1 cm³/mol. The van der Waals surface area contributed by atoms with Crippen molar-refractivity contribution in [2.24, 2.45) is 11.1 Å². The minimum Gasteiger partial charge on any atom is -0.329 e. The van der Waals surface area contributed by atoms with Gasteiger partial charge in [-0.2, -0.15) is 0 Å². The molecule has 1 aliphatic rings. The van der Waals surface area contributed by atoms with Gasteiger partial charge in [-0.3, -0.25) is 4.79 Å². The minimum atomic E-state index is -3.04. The molecule has 1 saturated heterocycles. The lowest BCUT2D eigenvalue weighted by Gasteiger charge is -2.35. The van der Waals surface area contributed by atoms with Crippen LogP contribution in [0.1, 0.15) is 26.7 Å². The maximum absolute atomic E-state index is 12.6. The van der Waals surface area contributed by atoms with Crippen LogP contribution in [-0.4, -0.2) is 49.9 Å². The van der Waals surface area contributed by atoms with Gasteiger partial charge >= 0.3 is 0 Å². The summed E-state index contributed by atoms with van der Waals surface area (Å²) in [7, 11) is -3.04. The van der Waals surface area contributed by atoms with Gasteiger partial charge in [0.05, 0.1) is 23.5 Å². The van der Waals surface area contributed by atoms with Gasteiger partial charge < -0.3 is 10.6 Å². The van der Waals surface area contributed by atoms with Gasteiger partial charge in [-0.1, -0.05) is 12.8 Å². The van der Waals surface area contributed by atoms with E-state index in [-0.39, 0.29) is 36.5 Å². The number of carbonyl (C=O) groups is 1. The van der Waals surface area contributed by atoms with E-state index in [0.29, 0.717) is 12.8 Å². The molecule has 0 saturated carbocycles. The Labute approximate surface area is 115 Å². The predicted octanol–water partition coefficient (Wildman–Crippen LogP) is 0.0103. The second kappa shape index (κ2) is 5.93. The fraction of sp³-hybridized carbons (Fsp3) is 0.769. The van der Waals surface area contributed by atoms with Gasteiger partial charge in [-0.15, -0.1) is 6.42 Å². The molecule has 0 radical (unpaired) electrons. The van der Waals surface area contributed by atoms with Gasteiger partial charge in [-0.05, 0) is 19.8 Å². The second-order valence-electron chi connectivity index (χ2n) is 5.31. The molecule has 108 valence electrons. The summed E-state index contributed by atoms with van der Waals surface area (Å²) in [5, 5.41) is 0. The zero-order chi connectivity index (χ0) is 14.7. The topological polar surface area (TPSA) is 80.5 Å². The lowest BCUT2D eigenvalue weighted by molar-refractivity contribution is -0.142. The van der Waals surface area contributed by atoms with Gasteiger partial charge in [-0.25, -0.2) is 8.42 Å². The number of hydrogen-bond acceptors (Lipinski definition) is 4. The molecular weight excluding hydrogens is 264 g/mol. The molecule has 5 nitrogen and oxygen atoms in total. The number of hydrogen-bond donors (Lipinski definition) is 1. The highest BCUT2D eigenvalue weighted by Crippen LogP contribution is 2.27. The van der Waals surface area contributed by atoms with Crippen LogP contribution in [0.4, 0.5) is 0 Å². The zero-order valence-electron chi connectivity index (χ0n) is 11.6. The van der Waals surface area contributed by atoms with Crippen molar-refractivity contribution in [2.75, 3.05) is 24.6 Å². The third-order valence-electron chi connectivity index (χ3n) is 3.92. The normalized spacial score (nSPS) is 24.4. The Kier molecular flexibility index (Phi) is 4.99. The van der Waals surface area contributed by atoms with Crippen molar-refractivity contribution in [3.8, 4) is 12.3 Å². The van der Waals surface area contributed by atoms with E-state index in [0.717, 1.165) is 0 Å². The van der Waals surface area contributed by atoms with Gasteiger partial charge in [0.2, 0.25) is 5.91 Å². The number of amides is 1. The lowest BCUT2D eigenvalue weighted by atomic mass is 9.85. The summed E-state index contributed by atoms with van der Waals surface area (Å²) in [6, 6.07) is -0.314. The monoisotopic (exact) mass is 286 g/mol. The molecular formula is C13H22N2O3S. The van der Waals surface area contributed by atoms with Crippen molar-refractivity contribution in [1.82, 2.24) is 4.90 Å². The van der Waals surface area contributed by atoms with Crippen LogP contribution >= 0.6 is 0 Å². The summed E-state index contributed by atoms with van der Waals surface area (Å²) in [4.78, 5) is 14.1. The fourth-order valence-electron chi connectivity index (χ4n) is 2.22. The van der Waals surface area contributed by atoms with E-state index < -0.39 is 15.3 Å². The number of terminal acetylenes is 1. The average Bonchev–Trinajstić information content (AvgIpc) is 2.74. The first-order valence-corrected chi connectivity index (χ1v) is 8.27. The molecule has 0 aromatic heterocycles. The van der Waals surface area contributed by atoms with Crippen LogP contribution in [0.2, 0.25) is 0 Å². The number of sulfone groups is 1. The van der Waals surface area contributed by atoms with Crippen LogP contribution in [0.15, 0.2) is 0 Å². The van der Waals surface area contributed by atoms with Crippen LogP contribution in [0.25, 0.3) is 0 Å². The summed E-state index contributed by atoms with van der Waals surface area (Å²) >= 11 is 0. The Morgan fingerprint density at radius 2 is 2.21 bits per heavy atom. The summed E-state index contributed by atoms with van der Waals surface area (Å²) in [6.45, 7) is 4.05. The maximum atomic E-state index is 12.6. The van der Waals surface area contributed by atoms with Crippen LogP contribution in [0.3, 0.4) is 0 Å². The molecule has 0 aromatic rings. The molecule has 0 aromatic carbocycles. The molecule has 1 heterocycles. The van der Waals surface area contributed by atoms with E-state index in [1.807, 2.05) is 6.92 Å². The van der Waals surface area contributed by atoms with Crippen molar-refractivity contribution in [1.29, 1.82) is 0 Å². The van der Waals surface area contributed by atoms with Crippen LogP contribution < -0.4 is 5.73 Å². The van der Waals surface area contributed by atoms with Crippen molar-refractivity contribution in [2.45, 2.75) is 32.7 Å². The average molecular weight is 286 g/mol. The third kappa shape index (κ3) is 3.48. The van der Waals surface area contributed by atoms with E-state index in [4.69, 9.17) is 12.2 Å². The smallest absolute Gasteiger partial charge is 0.230 e. The van der Waals surface area contributed by atoms with Gasteiger partial charge in [0.15, 0.2) is 9.84 Å². The molecule has 1 amide bonds. The van der Waals surface area contributed by atoms with E-state index in [9.17, 15) is 13.2 Å². The third-order valence-corrected chi connectivity index (χ3v) is 5.67. The first-order valence-electron chi connectivity index (χ1n) is 6.44.